The highest BCUT2D eigenvalue weighted by Crippen LogP contribution is 2.42. The number of nitrogens with one attached hydrogen (secondary N) is 1. The molecule has 0 aliphatic heterocycles. The second-order valence-electron chi connectivity index (χ2n) is 7.57. The summed E-state index contributed by atoms with van der Waals surface area (Å²) in [6.07, 6.45) is 3.79. The summed E-state index contributed by atoms with van der Waals surface area (Å²) in [5.41, 5.74) is 3.88. The van der Waals surface area contributed by atoms with Crippen LogP contribution in [0.25, 0.3) is 17.0 Å². The molecular weight excluding hydrogens is 328 g/mol. The fourth-order valence-corrected chi connectivity index (χ4v) is 3.48. The lowest BCUT2D eigenvalue weighted by molar-refractivity contribution is 0.511. The molecule has 1 N–H and O–H groups in total. The van der Waals surface area contributed by atoms with E-state index >= 15 is 0 Å². The number of aromatic nitrogens is 5. The first-order valence-corrected chi connectivity index (χ1v) is 9.06. The van der Waals surface area contributed by atoms with Gasteiger partial charge in [-0.2, -0.15) is 20.0 Å². The first-order valence-electron chi connectivity index (χ1n) is 9.06. The highest BCUT2D eigenvalue weighted by molar-refractivity contribution is 5.66. The lowest BCUT2D eigenvalue weighted by atomic mass is 10.0. The first-order chi connectivity index (χ1) is 12.4. The third kappa shape index (κ3) is 2.45. The van der Waals surface area contributed by atoms with Crippen molar-refractivity contribution < 1.29 is 0 Å². The van der Waals surface area contributed by atoms with Crippen LogP contribution in [0.5, 0.6) is 0 Å². The zero-order valence-electron chi connectivity index (χ0n) is 15.4. The Balaban J connectivity index is 2.02. The molecule has 4 rings (SSSR count). The molecule has 0 bridgehead atoms. The molecule has 3 aromatic rings. The van der Waals surface area contributed by atoms with Crippen LogP contribution in [0.2, 0.25) is 0 Å². The molecule has 1 fully saturated rings. The largest absolute Gasteiger partial charge is 0.337 e. The maximum atomic E-state index is 13.0. The van der Waals surface area contributed by atoms with Gasteiger partial charge in [0.15, 0.2) is 5.65 Å². The van der Waals surface area contributed by atoms with Crippen molar-refractivity contribution in [2.45, 2.75) is 58.4 Å². The van der Waals surface area contributed by atoms with Gasteiger partial charge in [0.1, 0.15) is 17.3 Å². The van der Waals surface area contributed by atoms with Gasteiger partial charge in [-0.3, -0.25) is 9.48 Å². The fourth-order valence-electron chi connectivity index (χ4n) is 3.48. The number of nitrogens with zero attached hydrogens (tertiary/aromatic N) is 5. The van der Waals surface area contributed by atoms with Crippen molar-refractivity contribution in [3.63, 3.8) is 0 Å². The summed E-state index contributed by atoms with van der Waals surface area (Å²) in [4.78, 5) is 16.3. The van der Waals surface area contributed by atoms with E-state index < -0.39 is 0 Å². The van der Waals surface area contributed by atoms with Crippen molar-refractivity contribution in [1.29, 1.82) is 5.26 Å². The van der Waals surface area contributed by atoms with E-state index in [0.717, 1.165) is 5.69 Å². The van der Waals surface area contributed by atoms with Crippen molar-refractivity contribution in [3.05, 3.63) is 39.4 Å². The highest BCUT2D eigenvalue weighted by Gasteiger charge is 2.30. The summed E-state index contributed by atoms with van der Waals surface area (Å²) in [7, 11) is 0. The standard InChI is InChI=1S/C19H22N6O/c1-10(2)16-17(22-18-13(8-20)9-21-25(18)19(16)26)14-7-15(12-5-6-12)24(23-14)11(3)4/h7,9-12,22H,5-6H2,1-4H3. The first kappa shape index (κ1) is 16.6. The van der Waals surface area contributed by atoms with Gasteiger partial charge in [0.25, 0.3) is 5.56 Å². The Kier molecular flexibility index (Phi) is 3.72. The van der Waals surface area contributed by atoms with Crippen LogP contribution in [0.4, 0.5) is 0 Å². The normalized spacial score (nSPS) is 14.5. The van der Waals surface area contributed by atoms with Gasteiger partial charge in [-0.05, 0) is 38.7 Å². The lowest BCUT2D eigenvalue weighted by Gasteiger charge is -2.12. The number of rotatable bonds is 4. The van der Waals surface area contributed by atoms with Gasteiger partial charge in [0, 0.05) is 23.2 Å². The van der Waals surface area contributed by atoms with Crippen molar-refractivity contribution in [2.75, 3.05) is 0 Å². The van der Waals surface area contributed by atoms with E-state index in [0.29, 0.717) is 28.4 Å². The summed E-state index contributed by atoms with van der Waals surface area (Å²) in [6, 6.07) is 4.43. The van der Waals surface area contributed by atoms with E-state index in [1.807, 2.05) is 13.8 Å². The van der Waals surface area contributed by atoms with Crippen LogP contribution in [0.1, 0.15) is 75.2 Å². The molecule has 0 aromatic carbocycles. The zero-order valence-corrected chi connectivity index (χ0v) is 15.4. The molecule has 0 saturated heterocycles. The van der Waals surface area contributed by atoms with Gasteiger partial charge in [0.05, 0.1) is 11.9 Å². The van der Waals surface area contributed by atoms with Gasteiger partial charge in [-0.15, -0.1) is 0 Å². The van der Waals surface area contributed by atoms with Crippen molar-refractivity contribution in [3.8, 4) is 17.5 Å². The molecule has 1 aliphatic carbocycles. The number of hydrogen-bond acceptors (Lipinski definition) is 4. The summed E-state index contributed by atoms with van der Waals surface area (Å²) < 4.78 is 3.33. The molecule has 1 saturated carbocycles. The topological polar surface area (TPSA) is 91.8 Å². The second kappa shape index (κ2) is 5.84. The van der Waals surface area contributed by atoms with E-state index in [-0.39, 0.29) is 17.5 Å². The summed E-state index contributed by atoms with van der Waals surface area (Å²) in [6.45, 7) is 8.19. The van der Waals surface area contributed by atoms with Crippen LogP contribution in [-0.4, -0.2) is 24.4 Å². The number of nitriles is 1. The van der Waals surface area contributed by atoms with Gasteiger partial charge < -0.3 is 4.98 Å². The van der Waals surface area contributed by atoms with Crippen LogP contribution >= 0.6 is 0 Å². The van der Waals surface area contributed by atoms with Gasteiger partial charge >= 0.3 is 0 Å². The maximum Gasteiger partial charge on any atom is 0.278 e. The molecule has 1 aliphatic rings. The molecular formula is C19H22N6O. The Labute approximate surface area is 151 Å². The Bertz CT molecular complexity index is 1070. The molecule has 3 heterocycles. The van der Waals surface area contributed by atoms with E-state index in [9.17, 15) is 10.1 Å². The van der Waals surface area contributed by atoms with Gasteiger partial charge in [-0.1, -0.05) is 13.8 Å². The highest BCUT2D eigenvalue weighted by atomic mass is 16.1. The van der Waals surface area contributed by atoms with E-state index in [1.165, 1.54) is 29.2 Å². The minimum absolute atomic E-state index is 0.00135. The Hall–Kier alpha value is -2.88. The monoisotopic (exact) mass is 350 g/mol. The minimum Gasteiger partial charge on any atom is -0.337 e. The Morgan fingerprint density at radius 2 is 2.04 bits per heavy atom. The molecule has 7 heteroatoms. The number of aromatic amines is 1. The summed E-state index contributed by atoms with van der Waals surface area (Å²) >= 11 is 0. The lowest BCUT2D eigenvalue weighted by Crippen LogP contribution is -2.22. The van der Waals surface area contributed by atoms with Gasteiger partial charge in [-0.25, -0.2) is 0 Å². The van der Waals surface area contributed by atoms with Gasteiger partial charge in [0.2, 0.25) is 0 Å². The number of H-pyrrole nitrogens is 1. The smallest absolute Gasteiger partial charge is 0.278 e. The molecule has 3 aromatic heterocycles. The molecule has 0 unspecified atom stereocenters. The molecule has 26 heavy (non-hydrogen) atoms. The zero-order chi connectivity index (χ0) is 18.6. The number of fused-ring (bicyclic) bond motifs is 1. The van der Waals surface area contributed by atoms with Crippen LogP contribution in [-0.2, 0) is 0 Å². The summed E-state index contributed by atoms with van der Waals surface area (Å²) in [5, 5.41) is 18.2. The van der Waals surface area contributed by atoms with Crippen LogP contribution in [0, 0.1) is 11.3 Å². The van der Waals surface area contributed by atoms with Crippen molar-refractivity contribution in [1.82, 2.24) is 24.4 Å². The Morgan fingerprint density at radius 1 is 1.31 bits per heavy atom. The molecule has 134 valence electrons. The SMILES string of the molecule is CC(C)c1c(-c2cc(C3CC3)n(C(C)C)n2)[nH]c2c(C#N)cnn2c1=O. The van der Waals surface area contributed by atoms with Crippen LogP contribution < -0.4 is 5.56 Å². The molecule has 0 radical (unpaired) electrons. The minimum atomic E-state index is -0.197. The molecule has 7 nitrogen and oxygen atoms in total. The molecule has 0 amide bonds. The third-order valence-corrected chi connectivity index (χ3v) is 4.91. The third-order valence-electron chi connectivity index (χ3n) is 4.91. The van der Waals surface area contributed by atoms with E-state index in [2.05, 4.69) is 40.7 Å². The van der Waals surface area contributed by atoms with E-state index in [4.69, 9.17) is 5.10 Å². The maximum absolute atomic E-state index is 13.0. The summed E-state index contributed by atoms with van der Waals surface area (Å²) in [5.74, 6) is 0.558. The fraction of sp³-hybridized carbons (Fsp3) is 0.474. The quantitative estimate of drug-likeness (QED) is 0.781. The number of hydrogen-bond donors (Lipinski definition) is 1. The van der Waals surface area contributed by atoms with Crippen LogP contribution in [0.3, 0.4) is 0 Å². The molecule has 0 atom stereocenters. The van der Waals surface area contributed by atoms with E-state index in [1.54, 1.807) is 0 Å². The van der Waals surface area contributed by atoms with Crippen molar-refractivity contribution in [2.24, 2.45) is 0 Å². The molecule has 0 spiro atoms. The Morgan fingerprint density at radius 3 is 2.62 bits per heavy atom. The second-order valence-corrected chi connectivity index (χ2v) is 7.57. The average Bonchev–Trinajstić information content (AvgIpc) is 3.19. The van der Waals surface area contributed by atoms with Crippen molar-refractivity contribution >= 4 is 5.65 Å². The van der Waals surface area contributed by atoms with Crippen LogP contribution in [0.15, 0.2) is 17.1 Å². The average molecular weight is 350 g/mol. The predicted molar refractivity (Wildman–Crippen MR) is 98.2 cm³/mol. The predicted octanol–water partition coefficient (Wildman–Crippen LogP) is 3.34.